The number of nitrogens with one attached hydrogen (secondary N) is 1. The van der Waals surface area contributed by atoms with Crippen LogP contribution in [0.25, 0.3) is 10.9 Å². The minimum absolute atomic E-state index is 0. The molecule has 3 rings (SSSR count). The number of carbonyl (C=O) groups excluding carboxylic acids is 2. The van der Waals surface area contributed by atoms with E-state index in [1.165, 1.54) is 5.56 Å². The minimum Gasteiger partial charge on any atom is -0.349 e. The quantitative estimate of drug-likeness (QED) is 0.321. The molecule has 0 radical (unpaired) electrons. The number of rotatable bonds is 9. The number of hydrogen-bond donors (Lipinski definition) is 1. The molecule has 0 spiro atoms. The van der Waals surface area contributed by atoms with E-state index in [2.05, 4.69) is 22.5 Å². The lowest BCUT2D eigenvalue weighted by Gasteiger charge is -2.14. The van der Waals surface area contributed by atoms with Gasteiger partial charge in [-0.15, -0.1) is 6.58 Å². The van der Waals surface area contributed by atoms with Crippen molar-refractivity contribution in [3.05, 3.63) is 48.2 Å². The summed E-state index contributed by atoms with van der Waals surface area (Å²) in [4.78, 5) is 24.8. The number of ketones is 1. The van der Waals surface area contributed by atoms with Crippen LogP contribution in [0.15, 0.2) is 37.1 Å². The highest BCUT2D eigenvalue weighted by atomic mass is 16.2. The molecule has 4 nitrogen and oxygen atoms in total. The van der Waals surface area contributed by atoms with Crippen LogP contribution in [-0.4, -0.2) is 22.8 Å². The average Bonchev–Trinajstić information content (AvgIpc) is 3.01. The molecule has 0 saturated heterocycles. The monoisotopic (exact) mass is 340 g/mol. The molecule has 4 heteroatoms. The van der Waals surface area contributed by atoms with E-state index in [0.29, 0.717) is 12.1 Å². The highest BCUT2D eigenvalue weighted by molar-refractivity contribution is 6.45. The summed E-state index contributed by atoms with van der Waals surface area (Å²) < 4.78 is 2.12. The van der Waals surface area contributed by atoms with Gasteiger partial charge in [-0.2, -0.15) is 0 Å². The van der Waals surface area contributed by atoms with Crippen LogP contribution in [0.2, 0.25) is 0 Å². The zero-order valence-corrected chi connectivity index (χ0v) is 14.7. The first-order chi connectivity index (χ1) is 12.2. The number of para-hydroxylation sites is 1. The number of carbonyl (C=O) groups is 2. The maximum Gasteiger partial charge on any atom is 0.292 e. The van der Waals surface area contributed by atoms with Crippen molar-refractivity contribution in [3.8, 4) is 0 Å². The smallest absolute Gasteiger partial charge is 0.292 e. The Hall–Kier alpha value is -2.36. The van der Waals surface area contributed by atoms with Gasteiger partial charge < -0.3 is 9.88 Å². The number of aromatic nitrogens is 1. The molecule has 0 bridgehead atoms. The van der Waals surface area contributed by atoms with Gasteiger partial charge in [-0.1, -0.05) is 37.1 Å². The zero-order valence-electron chi connectivity index (χ0n) is 14.7. The third kappa shape index (κ3) is 3.84. The molecule has 25 heavy (non-hydrogen) atoms. The van der Waals surface area contributed by atoms with Crippen molar-refractivity contribution in [2.75, 3.05) is 6.54 Å². The molecule has 134 valence electrons. The normalized spacial score (nSPS) is 13.0. The molecule has 0 fully saturated rings. The maximum atomic E-state index is 12.6. The highest BCUT2D eigenvalue weighted by Gasteiger charge is 2.23. The Morgan fingerprint density at radius 2 is 2.08 bits per heavy atom. The summed E-state index contributed by atoms with van der Waals surface area (Å²) in [6.07, 6.45) is 11.2. The van der Waals surface area contributed by atoms with Gasteiger partial charge in [0.1, 0.15) is 0 Å². The van der Waals surface area contributed by atoms with Gasteiger partial charge in [0.15, 0.2) is 0 Å². The summed E-state index contributed by atoms with van der Waals surface area (Å²) in [7, 11) is 0. The number of amides is 1. The van der Waals surface area contributed by atoms with Crippen LogP contribution in [0.1, 0.15) is 55.9 Å². The van der Waals surface area contributed by atoms with E-state index in [-0.39, 0.29) is 1.43 Å². The van der Waals surface area contributed by atoms with E-state index >= 15 is 0 Å². The number of hydrogen-bond acceptors (Lipinski definition) is 2. The van der Waals surface area contributed by atoms with Gasteiger partial charge in [-0.25, -0.2) is 0 Å². The lowest BCUT2D eigenvalue weighted by molar-refractivity contribution is -0.117. The Kier molecular flexibility index (Phi) is 5.69. The summed E-state index contributed by atoms with van der Waals surface area (Å²) in [5.74, 6) is -0.913. The van der Waals surface area contributed by atoms with Crippen molar-refractivity contribution in [3.63, 3.8) is 0 Å². The fourth-order valence-electron chi connectivity index (χ4n) is 3.61. The number of allylic oxidation sites excluding steroid dienone is 1. The van der Waals surface area contributed by atoms with Crippen molar-refractivity contribution >= 4 is 22.6 Å². The van der Waals surface area contributed by atoms with Crippen LogP contribution in [0, 0.1) is 0 Å². The molecule has 1 aromatic carbocycles. The Morgan fingerprint density at radius 1 is 1.24 bits per heavy atom. The molecule has 0 unspecified atom stereocenters. The Balaban J connectivity index is 0.00000243. The average molecular weight is 340 g/mol. The van der Waals surface area contributed by atoms with Crippen molar-refractivity contribution in [1.82, 2.24) is 9.88 Å². The summed E-state index contributed by atoms with van der Waals surface area (Å²) >= 11 is 0. The fourth-order valence-corrected chi connectivity index (χ4v) is 3.61. The SMILES string of the molecule is C=CCCCCCCNC(=O)C(=O)c1cn2c3c(cccc13)CCC2.[HH]. The third-order valence-electron chi connectivity index (χ3n) is 4.90. The van der Waals surface area contributed by atoms with Gasteiger partial charge in [-0.05, 0) is 37.7 Å². The highest BCUT2D eigenvalue weighted by Crippen LogP contribution is 2.29. The third-order valence-corrected chi connectivity index (χ3v) is 4.90. The summed E-state index contributed by atoms with van der Waals surface area (Å²) in [5, 5.41) is 3.68. The first-order valence-corrected chi connectivity index (χ1v) is 9.26. The largest absolute Gasteiger partial charge is 0.349 e. The standard InChI is InChI=1S/C21H26N2O2.H2/c1-2-3-4-5-6-7-13-22-21(25)20(24)18-15-23-14-9-11-16-10-8-12-17(18)19(16)23;/h2,8,10,12,15H,1,3-7,9,11,13-14H2,(H,22,25);1H. The summed E-state index contributed by atoms with van der Waals surface area (Å²) in [6.45, 7) is 5.18. The molecular weight excluding hydrogens is 312 g/mol. The number of aryl methyl sites for hydroxylation is 2. The van der Waals surface area contributed by atoms with E-state index in [1.807, 2.05) is 24.4 Å². The predicted molar refractivity (Wildman–Crippen MR) is 103 cm³/mol. The molecule has 1 amide bonds. The zero-order chi connectivity index (χ0) is 17.6. The van der Waals surface area contributed by atoms with Gasteiger partial charge in [0.25, 0.3) is 11.7 Å². The lowest BCUT2D eigenvalue weighted by Crippen LogP contribution is -2.31. The van der Waals surface area contributed by atoms with Crippen LogP contribution >= 0.6 is 0 Å². The molecule has 1 aromatic heterocycles. The van der Waals surface area contributed by atoms with Crippen LogP contribution in [0.5, 0.6) is 0 Å². The molecule has 1 aliphatic rings. The Labute approximate surface area is 150 Å². The number of Topliss-reactive ketones (excluding diaryl/α,β-unsaturated/α-hetero) is 1. The Morgan fingerprint density at radius 3 is 2.92 bits per heavy atom. The van der Waals surface area contributed by atoms with Crippen LogP contribution in [-0.2, 0) is 17.8 Å². The van der Waals surface area contributed by atoms with Gasteiger partial charge in [0.05, 0.1) is 11.1 Å². The molecule has 2 aromatic rings. The lowest BCUT2D eigenvalue weighted by atomic mass is 10.0. The first kappa shape index (κ1) is 17.5. The van der Waals surface area contributed by atoms with E-state index in [4.69, 9.17) is 0 Å². The minimum atomic E-state index is -0.491. The van der Waals surface area contributed by atoms with Crippen molar-refractivity contribution < 1.29 is 11.0 Å². The number of benzene rings is 1. The molecular formula is C21H28N2O2. The van der Waals surface area contributed by atoms with Gasteiger partial charge in [0.2, 0.25) is 0 Å². The second-order valence-corrected chi connectivity index (χ2v) is 6.73. The van der Waals surface area contributed by atoms with Crippen LogP contribution in [0.3, 0.4) is 0 Å². The van der Waals surface area contributed by atoms with Crippen molar-refractivity contribution in [1.29, 1.82) is 0 Å². The van der Waals surface area contributed by atoms with E-state index < -0.39 is 11.7 Å². The van der Waals surface area contributed by atoms with Crippen LogP contribution < -0.4 is 5.32 Å². The molecule has 1 N–H and O–H groups in total. The first-order valence-electron chi connectivity index (χ1n) is 9.26. The van der Waals surface area contributed by atoms with E-state index in [1.54, 1.807) is 0 Å². The number of unbranched alkanes of at least 4 members (excludes halogenated alkanes) is 4. The summed E-state index contributed by atoms with van der Waals surface area (Å²) in [6, 6.07) is 6.03. The molecule has 0 atom stereocenters. The van der Waals surface area contributed by atoms with Crippen LogP contribution in [0.4, 0.5) is 0 Å². The van der Waals surface area contributed by atoms with Gasteiger partial charge >= 0.3 is 0 Å². The van der Waals surface area contributed by atoms with E-state index in [0.717, 1.165) is 62.4 Å². The van der Waals surface area contributed by atoms with Crippen molar-refractivity contribution in [2.24, 2.45) is 0 Å². The molecule has 0 saturated carbocycles. The Bertz CT molecular complexity index is 795. The molecule has 2 heterocycles. The van der Waals surface area contributed by atoms with Gasteiger partial charge in [-0.3, -0.25) is 9.59 Å². The molecule has 1 aliphatic heterocycles. The maximum absolute atomic E-state index is 12.6. The topological polar surface area (TPSA) is 51.1 Å². The predicted octanol–water partition coefficient (Wildman–Crippen LogP) is 4.27. The second-order valence-electron chi connectivity index (χ2n) is 6.73. The second kappa shape index (κ2) is 8.15. The van der Waals surface area contributed by atoms with Crippen molar-refractivity contribution in [2.45, 2.75) is 51.5 Å². The van der Waals surface area contributed by atoms with Gasteiger partial charge in [0, 0.05) is 26.1 Å². The number of nitrogens with zero attached hydrogens (tertiary/aromatic N) is 1. The molecule has 0 aliphatic carbocycles. The fraction of sp³-hybridized carbons (Fsp3) is 0.429. The van der Waals surface area contributed by atoms with E-state index in [9.17, 15) is 9.59 Å². The summed E-state index contributed by atoms with van der Waals surface area (Å²) in [5.41, 5.74) is 2.91.